The van der Waals surface area contributed by atoms with Gasteiger partial charge < -0.3 is 34.4 Å². The van der Waals surface area contributed by atoms with Gasteiger partial charge in [0.25, 0.3) is 17.7 Å². The largest absolute Gasteiger partial charge is 0.495 e. The summed E-state index contributed by atoms with van der Waals surface area (Å²) >= 11 is 0. The van der Waals surface area contributed by atoms with Crippen molar-refractivity contribution in [2.24, 2.45) is 0 Å². The molecule has 11 aromatic rings. The van der Waals surface area contributed by atoms with Crippen molar-refractivity contribution in [3.63, 3.8) is 0 Å². The van der Waals surface area contributed by atoms with Gasteiger partial charge in [0.15, 0.2) is 0 Å². The molecule has 3 amide bonds. The number of carbonyl (C=O) groups excluding carboxylic acids is 3. The fraction of sp³-hybridized carbons (Fsp3) is 0.188. The Balaban J connectivity index is 0.000000125. The first kappa shape index (κ1) is 66.8. The lowest BCUT2D eigenvalue weighted by Gasteiger charge is -2.16. The number of hydrogen-bond acceptors (Lipinski definition) is 10. The quantitative estimate of drug-likeness (QED) is 0.0838. The zero-order valence-corrected chi connectivity index (χ0v) is 56.6. The maximum atomic E-state index is 14.0. The summed E-state index contributed by atoms with van der Waals surface area (Å²) in [5.41, 5.74) is 21.2. The lowest BCUT2D eigenvalue weighted by Crippen LogP contribution is -2.15. The average molecular weight is 1380 g/mol. The normalized spacial score (nSPS) is 14.9. The smallest absolute Gasteiger partial charge is 0.274 e. The minimum absolute atomic E-state index is 0.0951. The van der Waals surface area contributed by atoms with Crippen LogP contribution in [0.25, 0.3) is 61.8 Å². The number of nitrogens with zero attached hydrogens (tertiary/aromatic N) is 5. The van der Waals surface area contributed by atoms with Crippen molar-refractivity contribution in [2.75, 3.05) is 30.2 Å². The molecule has 0 unspecified atom stereocenters. The summed E-state index contributed by atoms with van der Waals surface area (Å²) in [5, 5.41) is 9.32. The third-order valence-corrected chi connectivity index (χ3v) is 19.8. The maximum absolute atomic E-state index is 14.0. The number of para-hydroxylation sites is 1. The van der Waals surface area contributed by atoms with Gasteiger partial charge in [0, 0.05) is 83.2 Å². The van der Waals surface area contributed by atoms with Gasteiger partial charge in [0.1, 0.15) is 46.2 Å². The number of amides is 3. The molecule has 6 aromatic carbocycles. The summed E-state index contributed by atoms with van der Waals surface area (Å²) in [6, 6.07) is 46.2. The molecule has 6 aliphatic carbocycles. The molecule has 1 fully saturated rings. The number of anilines is 3. The van der Waals surface area contributed by atoms with Crippen LogP contribution < -0.4 is 25.4 Å². The highest BCUT2D eigenvalue weighted by Gasteiger charge is 2.34. The van der Waals surface area contributed by atoms with Crippen molar-refractivity contribution in [3.05, 3.63) is 297 Å². The Kier molecular flexibility index (Phi) is 19.0. The molecule has 14 nitrogen and oxygen atoms in total. The Bertz CT molecular complexity index is 5320. The highest BCUT2D eigenvalue weighted by molar-refractivity contribution is 6.11. The van der Waals surface area contributed by atoms with Crippen LogP contribution in [-0.2, 0) is 41.7 Å². The molecule has 0 bridgehead atoms. The molecule has 0 radical (unpaired) electrons. The Morgan fingerprint density at radius 3 is 1.89 bits per heavy atom. The van der Waals surface area contributed by atoms with Gasteiger partial charge in [0.2, 0.25) is 5.71 Å². The number of benzene rings is 6. The number of allylic oxidation sites excluding steroid dienone is 8. The third kappa shape index (κ3) is 13.7. The molecule has 3 N–H and O–H groups in total. The molecule has 0 spiro atoms. The number of aryl methyl sites for hydroxylation is 3. The molecule has 514 valence electrons. The van der Waals surface area contributed by atoms with E-state index in [1.54, 1.807) is 42.7 Å². The van der Waals surface area contributed by atoms with Gasteiger partial charge in [-0.1, -0.05) is 116 Å². The lowest BCUT2D eigenvalue weighted by atomic mass is 9.90. The summed E-state index contributed by atoms with van der Waals surface area (Å²) in [6.07, 6.45) is 26.1. The summed E-state index contributed by atoms with van der Waals surface area (Å²) in [4.78, 5) is 57.8. The predicted molar refractivity (Wildman–Crippen MR) is 392 cm³/mol. The second kappa shape index (κ2) is 29.3. The fourth-order valence-electron chi connectivity index (χ4n) is 14.9. The van der Waals surface area contributed by atoms with Gasteiger partial charge in [-0.3, -0.25) is 19.4 Å². The number of hydrogen-bond donors (Lipinski definition) is 3. The van der Waals surface area contributed by atoms with Gasteiger partial charge in [-0.05, 0) is 174 Å². The minimum atomic E-state index is -0.514. The number of aromatic nitrogens is 5. The molecule has 5 aromatic heterocycles. The van der Waals surface area contributed by atoms with Crippen LogP contribution >= 0.6 is 0 Å². The van der Waals surface area contributed by atoms with Gasteiger partial charge in [-0.25, -0.2) is 32.5 Å². The number of nitrogens with one attached hydrogen (secondary N) is 3. The number of furan rings is 1. The molecule has 5 heterocycles. The molecular formula is C85H70F4N8O6. The molecule has 0 saturated heterocycles. The number of fused-ring (bicyclic) bond motifs is 6. The summed E-state index contributed by atoms with van der Waals surface area (Å²) in [7, 11) is 2.94. The van der Waals surface area contributed by atoms with Crippen LogP contribution in [0.15, 0.2) is 228 Å². The number of rotatable bonds is 15. The molecule has 1 saturated carbocycles. The van der Waals surface area contributed by atoms with Crippen molar-refractivity contribution < 1.29 is 45.8 Å². The highest BCUT2D eigenvalue weighted by atomic mass is 19.1. The molecule has 6 aliphatic rings. The van der Waals surface area contributed by atoms with Crippen molar-refractivity contribution >= 4 is 62.6 Å². The molecular weight excluding hydrogens is 1300 g/mol. The van der Waals surface area contributed by atoms with Gasteiger partial charge in [0.05, 0.1) is 65.8 Å². The van der Waals surface area contributed by atoms with Crippen molar-refractivity contribution in [1.29, 1.82) is 0 Å². The number of methoxy groups -OCH3 is 2. The van der Waals surface area contributed by atoms with Gasteiger partial charge >= 0.3 is 0 Å². The van der Waals surface area contributed by atoms with E-state index in [-0.39, 0.29) is 34.8 Å². The van der Waals surface area contributed by atoms with E-state index in [4.69, 9.17) is 18.9 Å². The number of pyridine rings is 3. The van der Waals surface area contributed by atoms with Crippen LogP contribution in [0.5, 0.6) is 11.5 Å². The van der Waals surface area contributed by atoms with Crippen LogP contribution in [-0.4, -0.2) is 56.4 Å². The van der Waals surface area contributed by atoms with Gasteiger partial charge in [-0.15, -0.1) is 0 Å². The molecule has 18 heteroatoms. The van der Waals surface area contributed by atoms with E-state index < -0.39 is 23.4 Å². The Hall–Kier alpha value is -12.1. The van der Waals surface area contributed by atoms with Crippen LogP contribution in [0.3, 0.4) is 0 Å². The molecule has 0 aliphatic heterocycles. The van der Waals surface area contributed by atoms with Crippen LogP contribution in [0.4, 0.5) is 34.6 Å². The molecule has 103 heavy (non-hydrogen) atoms. The topological polar surface area (TPSA) is 175 Å². The maximum Gasteiger partial charge on any atom is 0.274 e. The van der Waals surface area contributed by atoms with Crippen LogP contribution in [0.2, 0.25) is 0 Å². The van der Waals surface area contributed by atoms with E-state index >= 15 is 0 Å². The number of ether oxygens (including phenoxy) is 2. The van der Waals surface area contributed by atoms with E-state index in [1.165, 1.54) is 119 Å². The first-order chi connectivity index (χ1) is 50.3. The monoisotopic (exact) mass is 1370 g/mol. The van der Waals surface area contributed by atoms with E-state index in [2.05, 4.69) is 72.0 Å². The molecule has 0 atom stereocenters. The van der Waals surface area contributed by atoms with Crippen molar-refractivity contribution in [3.8, 4) is 45.5 Å². The third-order valence-electron chi connectivity index (χ3n) is 19.8. The Labute approximate surface area is 592 Å². The first-order valence-corrected chi connectivity index (χ1v) is 34.6. The summed E-state index contributed by atoms with van der Waals surface area (Å²) in [6.45, 7) is 0. The predicted octanol–water partition coefficient (Wildman–Crippen LogP) is 18.8. The van der Waals surface area contributed by atoms with Crippen LogP contribution in [0, 0.1) is 23.3 Å². The van der Waals surface area contributed by atoms with Crippen LogP contribution in [0.1, 0.15) is 113 Å². The minimum Gasteiger partial charge on any atom is -0.495 e. The standard InChI is InChI=1S/C30H25FN2O2.C29H23FN2O3.C26H22F2N4O/c1-35-27-13-12-22(31)15-25(27)33-30(34)20-11-10-19(14-20)28-24(18-6-3-2-4-7-18)16-26-29(28)23-9-5-8-21(23)17-32-26;1-34-24-15-21(30)12-13-23(24)32-28(33)19-11-10-18(14-19)25-26-22-9-5-8-20(22)16-31-29(26)35-27(25)17-6-3-2-4-7-17;27-18-14-12-17(13-15-18)24-25(32(16-29-24)19-6-1-2-7-19)22-10-5-11-23(30-22)26(33)31-21-9-4-3-8-20(21)28/h2-4,6-7,10-13,15,17H,5,8-9,14,16H2,1H3,(H,33,34);2-4,6-7,10-13,15-16H,5,8-9,14H2,1H3,(H,32,33);3-5,8-16,19H,1-2,6-7H2,(H,31,33). The second-order valence-corrected chi connectivity index (χ2v) is 26.2. The highest BCUT2D eigenvalue weighted by Crippen LogP contribution is 2.49. The number of imidazole rings is 1. The van der Waals surface area contributed by atoms with Gasteiger partial charge in [-0.2, -0.15) is 0 Å². The first-order valence-electron chi connectivity index (χ1n) is 34.6. The van der Waals surface area contributed by atoms with Crippen molar-refractivity contribution in [1.82, 2.24) is 24.5 Å². The van der Waals surface area contributed by atoms with E-state index in [1.807, 2.05) is 66.9 Å². The Morgan fingerprint density at radius 1 is 0.524 bits per heavy atom. The Morgan fingerprint density at radius 2 is 1.16 bits per heavy atom. The average Bonchev–Trinajstić information content (AvgIpc) is 1.60. The lowest BCUT2D eigenvalue weighted by molar-refractivity contribution is -0.113. The zero-order valence-electron chi connectivity index (χ0n) is 56.6. The molecule has 17 rings (SSSR count). The van der Waals surface area contributed by atoms with E-state index in [0.29, 0.717) is 64.3 Å². The van der Waals surface area contributed by atoms with E-state index in [0.717, 1.165) is 121 Å². The van der Waals surface area contributed by atoms with Crippen molar-refractivity contribution in [2.45, 2.75) is 89.5 Å². The fourth-order valence-corrected chi connectivity index (χ4v) is 14.9. The summed E-state index contributed by atoms with van der Waals surface area (Å²) in [5.74, 6) is -1.22. The number of carbonyl (C=O) groups is 3. The van der Waals surface area contributed by atoms with E-state index in [9.17, 15) is 31.9 Å². The number of halogens is 4. The second-order valence-electron chi connectivity index (χ2n) is 26.2. The SMILES string of the molecule is COc1cc(F)ccc1NC(=O)C1=CC=C(c2c(-c3ccccc3)oc3ncc4c(c23)CCC4)C1.COc1ccc(F)cc1NC(=O)C1=CC=C(C2=C(c3ccccc3)Cc3ncc4c(c32)CCC4)C1.O=C(Nc1ccccc1F)c1cccc(-c2c(-c3ccc(F)cc3)ncn2C2CCCC2)n1. The summed E-state index contributed by atoms with van der Waals surface area (Å²) < 4.78 is 73.8. The zero-order chi connectivity index (χ0) is 70.7.